The summed E-state index contributed by atoms with van der Waals surface area (Å²) in [6.45, 7) is 0. The topological polar surface area (TPSA) is 0 Å². The van der Waals surface area contributed by atoms with Gasteiger partial charge in [0.05, 0.1) is 0 Å². The zero-order valence-corrected chi connectivity index (χ0v) is 4.67. The Morgan fingerprint density at radius 3 is 1.20 bits per heavy atom. The van der Waals surface area contributed by atoms with Crippen LogP contribution >= 0.6 is 20.2 Å². The van der Waals surface area contributed by atoms with Crippen LogP contribution in [0.4, 0.5) is 8.58 Å². The van der Waals surface area contributed by atoms with Gasteiger partial charge in [-0.2, -0.15) is 0 Å². The first kappa shape index (κ1) is 5.52. The van der Waals surface area contributed by atoms with Crippen molar-refractivity contribution < 1.29 is 8.58 Å². The number of halogens is 4. The van der Waals surface area contributed by atoms with Crippen LogP contribution in [0.2, 0.25) is 0 Å². The van der Waals surface area contributed by atoms with E-state index in [9.17, 15) is 8.58 Å². The van der Waals surface area contributed by atoms with Crippen molar-refractivity contribution in [1.82, 2.24) is 0 Å². The normalized spacial score (nSPS) is 15.2. The quantitative estimate of drug-likeness (QED) is 0.414. The van der Waals surface area contributed by atoms with Crippen LogP contribution in [0.3, 0.4) is 0 Å². The summed E-state index contributed by atoms with van der Waals surface area (Å²) in [6.07, 6.45) is 0. The minimum absolute atomic E-state index is 0.368. The van der Waals surface area contributed by atoms with Gasteiger partial charge in [0.25, 0.3) is 0 Å². The standard InChI is InChI=1S/CH3F3I/c1-5(2,3)4/h1H3. The van der Waals surface area contributed by atoms with E-state index < -0.39 is 20.2 Å². The SMILES string of the molecule is C[I](F)(F)F. The molecule has 0 N–H and O–H groups in total. The van der Waals surface area contributed by atoms with E-state index in [4.69, 9.17) is 0 Å². The summed E-state index contributed by atoms with van der Waals surface area (Å²) in [5, 5.41) is 0. The molecule has 0 aliphatic carbocycles. The van der Waals surface area contributed by atoms with Crippen LogP contribution in [-0.2, 0) is 0 Å². The van der Waals surface area contributed by atoms with E-state index in [-0.39, 0.29) is 0 Å². The Morgan fingerprint density at radius 1 is 1.20 bits per heavy atom. The molecule has 0 atom stereocenters. The van der Waals surface area contributed by atoms with Crippen molar-refractivity contribution in [3.8, 4) is 0 Å². The van der Waals surface area contributed by atoms with E-state index in [1.807, 2.05) is 0 Å². The van der Waals surface area contributed by atoms with Crippen LogP contribution in [0.5, 0.6) is 0 Å². The Morgan fingerprint density at radius 2 is 1.20 bits per heavy atom. The molecule has 0 spiro atoms. The van der Waals surface area contributed by atoms with Gasteiger partial charge in [-0.25, -0.2) is 0 Å². The second-order valence-corrected chi connectivity index (χ2v) is 3.96. The van der Waals surface area contributed by atoms with Gasteiger partial charge in [0.15, 0.2) is 0 Å². The maximum atomic E-state index is 10.5. The average Bonchev–Trinajstić information content (AvgIpc) is 0.722. The van der Waals surface area contributed by atoms with Crippen molar-refractivity contribution in [2.24, 2.45) is 0 Å². The van der Waals surface area contributed by atoms with Crippen LogP contribution in [-0.4, -0.2) is 4.93 Å². The average molecular weight is 199 g/mol. The minimum atomic E-state index is -5.44. The Balaban J connectivity index is 3.02. The van der Waals surface area contributed by atoms with Crippen LogP contribution in [0.25, 0.3) is 0 Å². The van der Waals surface area contributed by atoms with E-state index in [0.717, 1.165) is 0 Å². The molecule has 0 aliphatic rings. The molecule has 0 saturated carbocycles. The fourth-order valence-electron chi connectivity index (χ4n) is 0. The van der Waals surface area contributed by atoms with E-state index in [1.54, 1.807) is 0 Å². The summed E-state index contributed by atoms with van der Waals surface area (Å²) in [5.41, 5.74) is 0. The van der Waals surface area contributed by atoms with E-state index >= 15 is 0 Å². The molecule has 4 heteroatoms. The van der Waals surface area contributed by atoms with Gasteiger partial charge in [-0.3, -0.25) is 0 Å². The van der Waals surface area contributed by atoms with Gasteiger partial charge in [-0.1, -0.05) is 0 Å². The second kappa shape index (κ2) is 1.32. The summed E-state index contributed by atoms with van der Waals surface area (Å²) < 4.78 is 31.6. The third kappa shape index (κ3) is 106. The molecule has 35 valence electrons. The summed E-state index contributed by atoms with van der Waals surface area (Å²) >= 11 is -5.44. The fraction of sp³-hybridized carbons (Fsp3) is 1.00. The second-order valence-electron chi connectivity index (χ2n) is 0.591. The first-order valence-electron chi connectivity index (χ1n) is 0.807. The van der Waals surface area contributed by atoms with Gasteiger partial charge >= 0.3 is 33.7 Å². The fourth-order valence-corrected chi connectivity index (χ4v) is 0. The van der Waals surface area contributed by atoms with Gasteiger partial charge < -0.3 is 0 Å². The predicted molar refractivity (Wildman–Crippen MR) is 23.3 cm³/mol. The maximum absolute atomic E-state index is 10.5. The molecular formula is CH3F3I. The molecule has 0 aromatic carbocycles. The zero-order chi connectivity index (χ0) is 4.50. The van der Waals surface area contributed by atoms with Crippen LogP contribution < -0.4 is 0 Å². The molecule has 0 unspecified atom stereocenters. The van der Waals surface area contributed by atoms with Crippen molar-refractivity contribution in [3.63, 3.8) is 0 Å². The first-order chi connectivity index (χ1) is 2.00. The predicted octanol–water partition coefficient (Wildman–Crippen LogP) is 2.31. The number of hydrogen-bond acceptors (Lipinski definition) is 0. The Labute approximate surface area is 34.2 Å². The van der Waals surface area contributed by atoms with Gasteiger partial charge in [0, 0.05) is 0 Å². The first-order valence-corrected chi connectivity index (χ1v) is 5.41. The summed E-state index contributed by atoms with van der Waals surface area (Å²) in [4.78, 5) is 0.368. The molecule has 5 heavy (non-hydrogen) atoms. The molecule has 0 rings (SSSR count). The van der Waals surface area contributed by atoms with Gasteiger partial charge in [-0.05, 0) is 0 Å². The summed E-state index contributed by atoms with van der Waals surface area (Å²) in [5.74, 6) is 0. The zero-order valence-electron chi connectivity index (χ0n) is 2.51. The van der Waals surface area contributed by atoms with Crippen molar-refractivity contribution in [2.75, 3.05) is 4.93 Å². The van der Waals surface area contributed by atoms with Crippen molar-refractivity contribution in [1.29, 1.82) is 0 Å². The summed E-state index contributed by atoms with van der Waals surface area (Å²) in [6, 6.07) is 0. The third-order valence-corrected chi connectivity index (χ3v) is 0. The van der Waals surface area contributed by atoms with Gasteiger partial charge in [-0.15, -0.1) is 0 Å². The van der Waals surface area contributed by atoms with Crippen molar-refractivity contribution in [2.45, 2.75) is 0 Å². The molecule has 0 aromatic heterocycles. The Bertz CT molecular complexity index is 22.4. The monoisotopic (exact) mass is 199 g/mol. The van der Waals surface area contributed by atoms with Crippen molar-refractivity contribution >= 4 is 20.2 Å². The third-order valence-electron chi connectivity index (χ3n) is 0. The van der Waals surface area contributed by atoms with Crippen LogP contribution in [0, 0.1) is 0 Å². The van der Waals surface area contributed by atoms with Gasteiger partial charge in [0.2, 0.25) is 0 Å². The van der Waals surface area contributed by atoms with E-state index in [1.165, 1.54) is 0 Å². The van der Waals surface area contributed by atoms with E-state index in [2.05, 4.69) is 0 Å². The molecule has 0 heterocycles. The Hall–Kier alpha value is 0.520. The number of hydrogen-bond donors (Lipinski definition) is 0. The number of rotatable bonds is 0. The van der Waals surface area contributed by atoms with Crippen LogP contribution in [0.15, 0.2) is 0 Å². The molecule has 0 aromatic rings. The summed E-state index contributed by atoms with van der Waals surface area (Å²) in [7, 11) is 0. The van der Waals surface area contributed by atoms with Crippen LogP contribution in [0.1, 0.15) is 0 Å². The Kier molecular flexibility index (Phi) is 1.45. The molecular weight excluding hydrogens is 196 g/mol. The van der Waals surface area contributed by atoms with Gasteiger partial charge in [0.1, 0.15) is 0 Å². The van der Waals surface area contributed by atoms with E-state index in [0.29, 0.717) is 4.93 Å². The molecule has 1 radical (unpaired) electrons. The number of alkyl halides is 1. The molecule has 0 amide bonds. The molecule has 0 aliphatic heterocycles. The van der Waals surface area contributed by atoms with Crippen molar-refractivity contribution in [3.05, 3.63) is 0 Å². The molecule has 0 saturated heterocycles. The molecule has 0 fully saturated rings. The molecule has 0 nitrogen and oxygen atoms in total. The molecule has 0 bridgehead atoms.